The van der Waals surface area contributed by atoms with Crippen molar-refractivity contribution in [1.82, 2.24) is 0 Å². The largest absolute Gasteiger partial charge is 0.390 e. The molecule has 5 aliphatic carbocycles. The molecule has 0 aromatic rings. The second-order valence-corrected chi connectivity index (χ2v) is 17.2. The summed E-state index contributed by atoms with van der Waals surface area (Å²) >= 11 is 0. The predicted octanol–water partition coefficient (Wildman–Crippen LogP) is 4.86. The van der Waals surface area contributed by atoms with Gasteiger partial charge >= 0.3 is 0 Å². The smallest absolute Gasteiger partial charge is 0.165 e. The molecule has 5 unspecified atom stereocenters. The molecule has 7 nitrogen and oxygen atoms in total. The molecule has 0 radical (unpaired) electrons. The van der Waals surface area contributed by atoms with E-state index in [0.29, 0.717) is 24.2 Å². The van der Waals surface area contributed by atoms with Gasteiger partial charge in [0.25, 0.3) is 0 Å². The van der Waals surface area contributed by atoms with Crippen molar-refractivity contribution in [3.63, 3.8) is 0 Å². The molecule has 42 heavy (non-hydrogen) atoms. The highest BCUT2D eigenvalue weighted by Crippen LogP contribution is 2.89. The summed E-state index contributed by atoms with van der Waals surface area (Å²) in [5.74, 6) is 1.67. The Morgan fingerprint density at radius 2 is 1.74 bits per heavy atom. The molecule has 14 atom stereocenters. The Morgan fingerprint density at radius 3 is 2.40 bits per heavy atom. The first-order valence-electron chi connectivity index (χ1n) is 17.1. The molecule has 7 heteroatoms. The number of ketones is 1. The molecule has 6 fully saturated rings. The summed E-state index contributed by atoms with van der Waals surface area (Å²) in [6, 6.07) is 0. The van der Waals surface area contributed by atoms with Crippen molar-refractivity contribution in [2.24, 2.45) is 57.2 Å². The normalized spacial score (nSPS) is 52.1. The highest BCUT2D eigenvalue weighted by molar-refractivity contribution is 5.90. The Balaban J connectivity index is 1.21. The number of Topliss-reactive ketones (excluding diaryl/α,β-unsaturated/α-hetero) is 1. The lowest BCUT2D eigenvalue weighted by Gasteiger charge is -2.59. The van der Waals surface area contributed by atoms with Crippen LogP contribution in [0, 0.1) is 57.2 Å². The zero-order chi connectivity index (χ0) is 30.6. The molecule has 6 aliphatic rings. The predicted molar refractivity (Wildman–Crippen MR) is 159 cm³/mol. The van der Waals surface area contributed by atoms with E-state index >= 15 is 0 Å². The van der Waals surface area contributed by atoms with Gasteiger partial charge in [0.05, 0.1) is 24.4 Å². The summed E-state index contributed by atoms with van der Waals surface area (Å²) in [5, 5.41) is 41.8. The Bertz CT molecular complexity index is 1050. The van der Waals surface area contributed by atoms with Crippen molar-refractivity contribution in [3.8, 4) is 0 Å². The summed E-state index contributed by atoms with van der Waals surface area (Å²) in [5.41, 5.74) is -0.545. The van der Waals surface area contributed by atoms with Gasteiger partial charge in [-0.3, -0.25) is 4.79 Å². The van der Waals surface area contributed by atoms with Gasteiger partial charge in [0.1, 0.15) is 12.2 Å². The lowest BCUT2D eigenvalue weighted by molar-refractivity contribution is -0.264. The second-order valence-electron chi connectivity index (χ2n) is 17.2. The van der Waals surface area contributed by atoms with E-state index in [2.05, 4.69) is 34.6 Å². The number of hydrogen-bond donors (Lipinski definition) is 4. The maximum atomic E-state index is 14.1. The summed E-state index contributed by atoms with van der Waals surface area (Å²) in [4.78, 5) is 14.1. The summed E-state index contributed by atoms with van der Waals surface area (Å²) < 4.78 is 12.3. The van der Waals surface area contributed by atoms with Crippen LogP contribution in [0.1, 0.15) is 113 Å². The summed E-state index contributed by atoms with van der Waals surface area (Å²) in [6.07, 6.45) is 6.18. The van der Waals surface area contributed by atoms with Crippen LogP contribution in [0.25, 0.3) is 0 Å². The summed E-state index contributed by atoms with van der Waals surface area (Å²) in [6.45, 7) is 15.5. The molecule has 0 aromatic carbocycles. The van der Waals surface area contributed by atoms with Gasteiger partial charge in [-0.15, -0.1) is 0 Å². The third-order valence-corrected chi connectivity index (χ3v) is 14.5. The van der Waals surface area contributed by atoms with Gasteiger partial charge < -0.3 is 29.9 Å². The minimum atomic E-state index is -0.875. The molecule has 5 saturated carbocycles. The first-order valence-corrected chi connectivity index (χ1v) is 17.1. The lowest BCUT2D eigenvalue weighted by Crippen LogP contribution is -2.56. The van der Waals surface area contributed by atoms with Gasteiger partial charge in [-0.05, 0) is 104 Å². The van der Waals surface area contributed by atoms with E-state index in [0.717, 1.165) is 57.8 Å². The first kappa shape index (κ1) is 31.4. The molecule has 240 valence electrons. The lowest BCUT2D eigenvalue weighted by atomic mass is 9.46. The van der Waals surface area contributed by atoms with Gasteiger partial charge in [-0.2, -0.15) is 0 Å². The van der Waals surface area contributed by atoms with Gasteiger partial charge in [0.15, 0.2) is 12.1 Å². The van der Waals surface area contributed by atoms with Crippen LogP contribution in [0.4, 0.5) is 0 Å². The average molecular weight is 591 g/mol. The molecule has 1 saturated heterocycles. The van der Waals surface area contributed by atoms with Crippen molar-refractivity contribution < 1.29 is 34.7 Å². The quantitative estimate of drug-likeness (QED) is 0.313. The fourth-order valence-corrected chi connectivity index (χ4v) is 12.7. The maximum absolute atomic E-state index is 14.1. The van der Waals surface area contributed by atoms with E-state index in [4.69, 9.17) is 9.47 Å². The average Bonchev–Trinajstić information content (AvgIpc) is 3.34. The third kappa shape index (κ3) is 4.30. The number of hydrogen-bond acceptors (Lipinski definition) is 7. The highest BCUT2D eigenvalue weighted by Gasteiger charge is 2.85. The molecule has 2 spiro atoms. The number of aliphatic hydroxyl groups is 4. The number of ether oxygens (including phenoxy) is 2. The molecular formula is C35H58O7. The van der Waals surface area contributed by atoms with E-state index in [1.165, 1.54) is 0 Å². The molecule has 1 aliphatic heterocycles. The minimum Gasteiger partial charge on any atom is -0.390 e. The third-order valence-electron chi connectivity index (χ3n) is 14.5. The number of aliphatic hydroxyl groups excluding tert-OH is 3. The Labute approximate surface area is 253 Å². The number of fused-ring (bicyclic) bond motifs is 2. The molecule has 0 aromatic heterocycles. The molecular weight excluding hydrogens is 532 g/mol. The van der Waals surface area contributed by atoms with Crippen molar-refractivity contribution in [3.05, 3.63) is 0 Å². The Morgan fingerprint density at radius 1 is 1.02 bits per heavy atom. The minimum absolute atomic E-state index is 0.0122. The van der Waals surface area contributed by atoms with Crippen LogP contribution in [0.3, 0.4) is 0 Å². The first-order chi connectivity index (χ1) is 19.5. The van der Waals surface area contributed by atoms with Crippen LogP contribution in [0.5, 0.6) is 0 Å². The second kappa shape index (κ2) is 10.2. The Kier molecular flexibility index (Phi) is 7.64. The van der Waals surface area contributed by atoms with Gasteiger partial charge in [0, 0.05) is 18.3 Å². The topological polar surface area (TPSA) is 116 Å². The van der Waals surface area contributed by atoms with E-state index in [1.54, 1.807) is 0 Å². The van der Waals surface area contributed by atoms with Gasteiger partial charge in [0.2, 0.25) is 0 Å². The number of rotatable bonds is 7. The van der Waals surface area contributed by atoms with Crippen molar-refractivity contribution in [2.45, 2.75) is 149 Å². The van der Waals surface area contributed by atoms with Crippen molar-refractivity contribution in [1.29, 1.82) is 0 Å². The maximum Gasteiger partial charge on any atom is 0.165 e. The van der Waals surface area contributed by atoms with Crippen LogP contribution in [-0.2, 0) is 14.3 Å². The Hall–Kier alpha value is -0.570. The molecule has 0 amide bonds. The number of carbonyl (C=O) groups is 1. The van der Waals surface area contributed by atoms with Gasteiger partial charge in [-0.25, -0.2) is 0 Å². The van der Waals surface area contributed by atoms with E-state index in [-0.39, 0.29) is 57.9 Å². The van der Waals surface area contributed by atoms with E-state index in [9.17, 15) is 25.2 Å². The molecule has 6 rings (SSSR count). The van der Waals surface area contributed by atoms with Crippen molar-refractivity contribution >= 4 is 5.78 Å². The van der Waals surface area contributed by atoms with E-state index in [1.807, 2.05) is 13.8 Å². The standard InChI is InChI=1S/C35H58O7/c1-19(9-8-13-31(3,4)40)27-29(38)30(39)28-21-10-11-24-32(5,6)25(42-26-17-22(36)23(37)18-41-26)12-14-35(24)20(2)34(21,35)16-15-33(27,28)7/h19-29,36-38,40H,8-18H2,1-7H3/t19?,20-,21-,22+,23+,24?,25-,26-,27?,28?,29-,33+,34-,35?/m0/s1. The molecule has 1 heterocycles. The van der Waals surface area contributed by atoms with E-state index < -0.39 is 30.2 Å². The molecule has 4 N–H and O–H groups in total. The monoisotopic (exact) mass is 590 g/mol. The van der Waals surface area contributed by atoms with Crippen LogP contribution in [0.2, 0.25) is 0 Å². The summed E-state index contributed by atoms with van der Waals surface area (Å²) in [7, 11) is 0. The van der Waals surface area contributed by atoms with Crippen LogP contribution in [-0.4, -0.2) is 69.1 Å². The van der Waals surface area contributed by atoms with Crippen LogP contribution in [0.15, 0.2) is 0 Å². The zero-order valence-electron chi connectivity index (χ0n) is 27.1. The van der Waals surface area contributed by atoms with Crippen LogP contribution >= 0.6 is 0 Å². The molecule has 0 bridgehead atoms. The fraction of sp³-hybridized carbons (Fsp3) is 0.971. The SMILES string of the molecule is CC(CCCC(C)(C)O)C1[C@H](O)C(=O)C2[C@@H]3CCC4C(C)(C)[C@@H](O[C@H]5C[C@@H](O)[C@H](O)CO5)CCC45[C@@H](C)[C@@]35CC[C@]12C. The zero-order valence-corrected chi connectivity index (χ0v) is 27.1. The van der Waals surface area contributed by atoms with Crippen LogP contribution < -0.4 is 0 Å². The number of carbonyl (C=O) groups excluding carboxylic acids is 1. The highest BCUT2D eigenvalue weighted by atomic mass is 16.7. The fourth-order valence-electron chi connectivity index (χ4n) is 12.7. The van der Waals surface area contributed by atoms with Crippen molar-refractivity contribution in [2.75, 3.05) is 6.61 Å². The van der Waals surface area contributed by atoms with Gasteiger partial charge in [-0.1, -0.05) is 47.5 Å².